The Hall–Kier alpha value is -2.14. The Morgan fingerprint density at radius 3 is 2.68 bits per heavy atom. The second-order valence-corrected chi connectivity index (χ2v) is 10.0. The van der Waals surface area contributed by atoms with Gasteiger partial charge in [0, 0.05) is 42.8 Å². The summed E-state index contributed by atoms with van der Waals surface area (Å²) in [5.41, 5.74) is 1.76. The second kappa shape index (κ2) is 10.4. The third-order valence-corrected chi connectivity index (χ3v) is 7.06. The largest absolute Gasteiger partial charge is 0.349 e. The Morgan fingerprint density at radius 1 is 1.13 bits per heavy atom. The van der Waals surface area contributed by atoms with Crippen molar-refractivity contribution in [3.8, 4) is 5.69 Å². The summed E-state index contributed by atoms with van der Waals surface area (Å²) in [5.74, 6) is 2.26. The van der Waals surface area contributed by atoms with Gasteiger partial charge in [0.1, 0.15) is 0 Å². The average molecular weight is 423 g/mol. The van der Waals surface area contributed by atoms with Gasteiger partial charge in [0.2, 0.25) is 0 Å². The molecule has 1 aliphatic carbocycles. The fraction of sp³-hybridized carbons (Fsp3) is 0.615. The van der Waals surface area contributed by atoms with E-state index in [1.165, 1.54) is 51.6 Å². The number of benzene rings is 1. The lowest BCUT2D eigenvalue weighted by Gasteiger charge is -2.39. The van der Waals surface area contributed by atoms with E-state index >= 15 is 0 Å². The van der Waals surface area contributed by atoms with Gasteiger partial charge in [-0.25, -0.2) is 4.98 Å². The maximum absolute atomic E-state index is 13.0. The van der Waals surface area contributed by atoms with E-state index in [-0.39, 0.29) is 5.91 Å². The van der Waals surface area contributed by atoms with Crippen LogP contribution < -0.4 is 5.32 Å². The van der Waals surface area contributed by atoms with Gasteiger partial charge in [0.15, 0.2) is 0 Å². The monoisotopic (exact) mass is 422 g/mol. The zero-order valence-electron chi connectivity index (χ0n) is 19.2. The molecule has 1 aromatic carbocycles. The number of nitrogens with one attached hydrogen (secondary N) is 1. The molecule has 5 heteroatoms. The van der Waals surface area contributed by atoms with Crippen LogP contribution in [-0.4, -0.2) is 46.0 Å². The standard InChI is InChI=1S/C26H38N4O/c1-20(2)16-21-6-5-14-29(17-21)18-23-7-3-4-8-25(23)28-26(31)22-9-11-24(12-10-22)30-15-13-27-19-30/h9-13,15,19-21,23,25H,3-8,14,16-18H2,1-2H3,(H,28,31)/t21?,23-,25+/m0/s1. The minimum Gasteiger partial charge on any atom is -0.349 e. The Labute approximate surface area is 187 Å². The molecule has 1 aromatic heterocycles. The molecule has 3 atom stereocenters. The maximum Gasteiger partial charge on any atom is 0.251 e. The number of aromatic nitrogens is 2. The summed E-state index contributed by atoms with van der Waals surface area (Å²) in [6.45, 7) is 8.28. The van der Waals surface area contributed by atoms with E-state index in [1.807, 2.05) is 35.0 Å². The lowest BCUT2D eigenvalue weighted by Crippen LogP contribution is -2.48. The molecule has 2 aliphatic rings. The van der Waals surface area contributed by atoms with Gasteiger partial charge in [0.25, 0.3) is 5.91 Å². The SMILES string of the molecule is CC(C)CC1CCCN(C[C@@H]2CCCC[C@H]2NC(=O)c2ccc(-n3ccnc3)cc2)C1. The Balaban J connectivity index is 1.34. The molecule has 1 unspecified atom stereocenters. The van der Waals surface area contributed by atoms with Gasteiger partial charge in [-0.1, -0.05) is 26.7 Å². The highest BCUT2D eigenvalue weighted by Crippen LogP contribution is 2.29. The molecule has 1 aliphatic heterocycles. The van der Waals surface area contributed by atoms with Gasteiger partial charge in [-0.15, -0.1) is 0 Å². The number of piperidine rings is 1. The van der Waals surface area contributed by atoms with Gasteiger partial charge in [-0.2, -0.15) is 0 Å². The van der Waals surface area contributed by atoms with Crippen LogP contribution in [0.1, 0.15) is 69.2 Å². The Bertz CT molecular complexity index is 814. The van der Waals surface area contributed by atoms with E-state index in [1.54, 1.807) is 12.5 Å². The molecule has 4 rings (SSSR count). The van der Waals surface area contributed by atoms with E-state index in [0.717, 1.165) is 36.1 Å². The first kappa shape index (κ1) is 22.1. The highest BCUT2D eigenvalue weighted by atomic mass is 16.1. The highest BCUT2D eigenvalue weighted by Gasteiger charge is 2.30. The van der Waals surface area contributed by atoms with Crippen LogP contribution in [0.5, 0.6) is 0 Å². The number of carbonyl (C=O) groups excluding carboxylic acids is 1. The number of hydrogen-bond acceptors (Lipinski definition) is 3. The lowest BCUT2D eigenvalue weighted by atomic mass is 9.82. The van der Waals surface area contributed by atoms with E-state index in [2.05, 4.69) is 29.0 Å². The van der Waals surface area contributed by atoms with Crippen LogP contribution >= 0.6 is 0 Å². The van der Waals surface area contributed by atoms with Crippen LogP contribution in [-0.2, 0) is 0 Å². The predicted octanol–water partition coefficient (Wildman–Crippen LogP) is 4.92. The zero-order valence-corrected chi connectivity index (χ0v) is 19.2. The van der Waals surface area contributed by atoms with Crippen molar-refractivity contribution in [3.05, 3.63) is 48.5 Å². The molecule has 5 nitrogen and oxygen atoms in total. The van der Waals surface area contributed by atoms with E-state index in [0.29, 0.717) is 12.0 Å². The fourth-order valence-corrected chi connectivity index (χ4v) is 5.57. The number of likely N-dealkylation sites (tertiary alicyclic amines) is 1. The quantitative estimate of drug-likeness (QED) is 0.689. The third-order valence-electron chi connectivity index (χ3n) is 7.06. The number of hydrogen-bond donors (Lipinski definition) is 1. The van der Waals surface area contributed by atoms with Gasteiger partial charge in [-0.3, -0.25) is 4.79 Å². The number of amides is 1. The molecule has 31 heavy (non-hydrogen) atoms. The Kier molecular flexibility index (Phi) is 7.44. The van der Waals surface area contributed by atoms with Gasteiger partial charge in [0.05, 0.1) is 6.33 Å². The molecular formula is C26H38N4O. The topological polar surface area (TPSA) is 50.2 Å². The van der Waals surface area contributed by atoms with Crippen molar-refractivity contribution in [1.82, 2.24) is 19.8 Å². The third kappa shape index (κ3) is 5.97. The zero-order chi connectivity index (χ0) is 21.6. The number of imidazole rings is 1. The summed E-state index contributed by atoms with van der Waals surface area (Å²) in [6, 6.07) is 8.10. The van der Waals surface area contributed by atoms with Crippen molar-refractivity contribution in [1.29, 1.82) is 0 Å². The smallest absolute Gasteiger partial charge is 0.251 e. The van der Waals surface area contributed by atoms with Crippen LogP contribution in [0.15, 0.2) is 43.0 Å². The molecule has 0 radical (unpaired) electrons. The first-order chi connectivity index (χ1) is 15.1. The number of carbonyl (C=O) groups is 1. The lowest BCUT2D eigenvalue weighted by molar-refractivity contribution is 0.0848. The summed E-state index contributed by atoms with van der Waals surface area (Å²) in [7, 11) is 0. The minimum atomic E-state index is 0.0606. The molecule has 1 saturated carbocycles. The molecule has 2 fully saturated rings. The fourth-order valence-electron chi connectivity index (χ4n) is 5.57. The molecule has 2 heterocycles. The van der Waals surface area contributed by atoms with E-state index < -0.39 is 0 Å². The normalized spacial score (nSPS) is 24.9. The summed E-state index contributed by atoms with van der Waals surface area (Å²) in [6.07, 6.45) is 14.3. The van der Waals surface area contributed by atoms with E-state index in [4.69, 9.17) is 0 Å². The van der Waals surface area contributed by atoms with Crippen LogP contribution in [0.2, 0.25) is 0 Å². The molecule has 168 valence electrons. The van der Waals surface area contributed by atoms with Crippen LogP contribution in [0.25, 0.3) is 5.69 Å². The van der Waals surface area contributed by atoms with Crippen molar-refractivity contribution in [2.24, 2.45) is 17.8 Å². The molecule has 1 N–H and O–H groups in total. The first-order valence-electron chi connectivity index (χ1n) is 12.2. The number of nitrogens with zero attached hydrogens (tertiary/aromatic N) is 3. The molecular weight excluding hydrogens is 384 g/mol. The van der Waals surface area contributed by atoms with Gasteiger partial charge < -0.3 is 14.8 Å². The van der Waals surface area contributed by atoms with Crippen LogP contribution in [0.3, 0.4) is 0 Å². The van der Waals surface area contributed by atoms with E-state index in [9.17, 15) is 4.79 Å². The molecule has 1 saturated heterocycles. The summed E-state index contributed by atoms with van der Waals surface area (Å²) >= 11 is 0. The van der Waals surface area contributed by atoms with Crippen molar-refractivity contribution in [3.63, 3.8) is 0 Å². The average Bonchev–Trinajstić information content (AvgIpc) is 3.30. The summed E-state index contributed by atoms with van der Waals surface area (Å²) in [5, 5.41) is 3.39. The Morgan fingerprint density at radius 2 is 1.94 bits per heavy atom. The summed E-state index contributed by atoms with van der Waals surface area (Å²) < 4.78 is 1.95. The van der Waals surface area contributed by atoms with Crippen molar-refractivity contribution in [2.45, 2.75) is 64.8 Å². The predicted molar refractivity (Wildman–Crippen MR) is 125 cm³/mol. The van der Waals surface area contributed by atoms with Crippen molar-refractivity contribution < 1.29 is 4.79 Å². The number of rotatable bonds is 7. The molecule has 1 amide bonds. The van der Waals surface area contributed by atoms with Crippen LogP contribution in [0.4, 0.5) is 0 Å². The van der Waals surface area contributed by atoms with Crippen LogP contribution in [0, 0.1) is 17.8 Å². The minimum absolute atomic E-state index is 0.0606. The first-order valence-corrected chi connectivity index (χ1v) is 12.2. The van der Waals surface area contributed by atoms with Crippen molar-refractivity contribution in [2.75, 3.05) is 19.6 Å². The van der Waals surface area contributed by atoms with Crippen molar-refractivity contribution >= 4 is 5.91 Å². The van der Waals surface area contributed by atoms with Gasteiger partial charge in [-0.05, 0) is 80.7 Å². The summed E-state index contributed by atoms with van der Waals surface area (Å²) in [4.78, 5) is 19.8. The highest BCUT2D eigenvalue weighted by molar-refractivity contribution is 5.94. The second-order valence-electron chi connectivity index (χ2n) is 10.0. The molecule has 0 spiro atoms. The molecule has 0 bridgehead atoms. The van der Waals surface area contributed by atoms with Gasteiger partial charge >= 0.3 is 0 Å². The maximum atomic E-state index is 13.0. The molecule has 2 aromatic rings.